The molecule has 4 nitrogen and oxygen atoms in total. The van der Waals surface area contributed by atoms with Crippen molar-refractivity contribution in [3.05, 3.63) is 176 Å². The number of benzene rings is 4. The first-order valence-corrected chi connectivity index (χ1v) is 18.1. The topological polar surface area (TPSA) is 57.4 Å². The Morgan fingerprint density at radius 3 is 1.48 bits per heavy atom. The first-order chi connectivity index (χ1) is 25.4. The number of H-pyrrole nitrogens is 2. The molecule has 7 aromatic rings. The Labute approximate surface area is 319 Å². The van der Waals surface area contributed by atoms with Crippen molar-refractivity contribution in [1.82, 2.24) is 19.9 Å². The van der Waals surface area contributed by atoms with E-state index < -0.39 is 0 Å². The maximum Gasteiger partial charge on any atom is 0.0816 e. The molecule has 2 N–H and O–H groups in total. The third kappa shape index (κ3) is 5.84. The van der Waals surface area contributed by atoms with Gasteiger partial charge in [-0.15, -0.1) is 0 Å². The van der Waals surface area contributed by atoms with Crippen molar-refractivity contribution in [1.29, 1.82) is 0 Å². The maximum atomic E-state index is 7.16. The van der Waals surface area contributed by atoms with E-state index in [1.807, 2.05) is 140 Å². The van der Waals surface area contributed by atoms with Crippen LogP contribution in [0.3, 0.4) is 0 Å². The monoisotopic (exact) mass is 750 g/mol. The van der Waals surface area contributed by atoms with E-state index in [1.54, 1.807) is 0 Å². The zero-order valence-electron chi connectivity index (χ0n) is 27.3. The van der Waals surface area contributed by atoms with Crippen molar-refractivity contribution in [3.63, 3.8) is 0 Å². The third-order valence-electron chi connectivity index (χ3n) is 9.21. The van der Waals surface area contributed by atoms with Crippen molar-refractivity contribution in [3.8, 4) is 33.4 Å². The Kier molecular flexibility index (Phi) is 8.33. The van der Waals surface area contributed by atoms with E-state index in [4.69, 9.17) is 56.4 Å². The van der Waals surface area contributed by atoms with Crippen molar-refractivity contribution in [2.45, 2.75) is 0 Å². The lowest BCUT2D eigenvalue weighted by atomic mass is 9.91. The number of hydrogen-bond acceptors (Lipinski definition) is 2. The summed E-state index contributed by atoms with van der Waals surface area (Å²) in [5.41, 5.74) is 13.0. The van der Waals surface area contributed by atoms with E-state index in [-0.39, 0.29) is 0 Å². The van der Waals surface area contributed by atoms with Gasteiger partial charge in [-0.1, -0.05) is 119 Å². The largest absolute Gasteiger partial charge is 0.355 e. The fourth-order valence-corrected chi connectivity index (χ4v) is 7.87. The minimum atomic E-state index is 0.557. The van der Waals surface area contributed by atoms with Crippen LogP contribution in [0.5, 0.6) is 0 Å². The van der Waals surface area contributed by atoms with Crippen molar-refractivity contribution in [2.75, 3.05) is 0 Å². The predicted octanol–water partition coefficient (Wildman–Crippen LogP) is 13.7. The molecule has 2 aliphatic heterocycles. The molecule has 4 aromatic carbocycles. The lowest BCUT2D eigenvalue weighted by Crippen LogP contribution is -1.94. The van der Waals surface area contributed by atoms with E-state index in [9.17, 15) is 0 Å². The third-order valence-corrected chi connectivity index (χ3v) is 10.5. The molecule has 52 heavy (non-hydrogen) atoms. The summed E-state index contributed by atoms with van der Waals surface area (Å²) in [6, 6.07) is 41.4. The minimum absolute atomic E-state index is 0.557. The number of hydrogen-bond donors (Lipinski definition) is 2. The molecule has 0 atom stereocenters. The van der Waals surface area contributed by atoms with E-state index in [1.165, 1.54) is 0 Å². The zero-order valence-corrected chi connectivity index (χ0v) is 30.3. The van der Waals surface area contributed by atoms with Gasteiger partial charge in [0.2, 0.25) is 0 Å². The lowest BCUT2D eigenvalue weighted by Gasteiger charge is -2.14. The number of halogens is 4. The van der Waals surface area contributed by atoms with Crippen LogP contribution in [-0.4, -0.2) is 19.9 Å². The second-order valence-electron chi connectivity index (χ2n) is 12.5. The molecule has 8 bridgehead atoms. The molecule has 3 aromatic heterocycles. The molecule has 9 rings (SSSR count). The van der Waals surface area contributed by atoms with Gasteiger partial charge in [0.25, 0.3) is 0 Å². The standard InChI is InChI=1S/C44H26Cl4N4/c45-35-13-5-1-9-30(35)34-23-29-22-27-18-17-25(49-27)21-26-19-20-28(50-26)24-39-40(31-10-2-6-14-36(31)46)41(32-11-3-7-15-37(32)47)44(52-39)42(43(34)51-29)33-12-4-8-16-38(33)48/h1-24,49,52H. The van der Waals surface area contributed by atoms with Gasteiger partial charge in [-0.2, -0.15) is 0 Å². The fraction of sp³-hybridized carbons (Fsp3) is 0. The highest BCUT2D eigenvalue weighted by molar-refractivity contribution is 6.37. The molecular formula is C44H26Cl4N4. The quantitative estimate of drug-likeness (QED) is 0.188. The van der Waals surface area contributed by atoms with Gasteiger partial charge in [-0.25, -0.2) is 9.97 Å². The number of aromatic nitrogens is 4. The maximum absolute atomic E-state index is 7.16. The van der Waals surface area contributed by atoms with E-state index >= 15 is 0 Å². The molecule has 5 heterocycles. The highest BCUT2D eigenvalue weighted by Gasteiger charge is 2.27. The summed E-state index contributed by atoms with van der Waals surface area (Å²) >= 11 is 28.3. The Morgan fingerprint density at radius 1 is 0.423 bits per heavy atom. The second-order valence-corrected chi connectivity index (χ2v) is 14.1. The Balaban J connectivity index is 1.58. The van der Waals surface area contributed by atoms with Gasteiger partial charge >= 0.3 is 0 Å². The van der Waals surface area contributed by atoms with Crippen molar-refractivity contribution >= 4 is 92.3 Å². The first-order valence-electron chi connectivity index (χ1n) is 16.6. The molecule has 0 amide bonds. The molecular weight excluding hydrogens is 726 g/mol. The molecule has 8 heteroatoms. The Morgan fingerprint density at radius 2 is 0.904 bits per heavy atom. The highest BCUT2D eigenvalue weighted by Crippen LogP contribution is 2.49. The van der Waals surface area contributed by atoms with E-state index in [2.05, 4.69) is 16.0 Å². The molecule has 0 saturated heterocycles. The van der Waals surface area contributed by atoms with E-state index in [0.29, 0.717) is 25.8 Å². The first kappa shape index (κ1) is 32.5. The summed E-state index contributed by atoms with van der Waals surface area (Å²) in [7, 11) is 0. The van der Waals surface area contributed by atoms with Crippen molar-refractivity contribution < 1.29 is 0 Å². The van der Waals surface area contributed by atoms with Gasteiger partial charge in [0.15, 0.2) is 0 Å². The molecule has 0 saturated carbocycles. The summed E-state index contributed by atoms with van der Waals surface area (Å²) in [5.74, 6) is 0. The van der Waals surface area contributed by atoms with Crippen LogP contribution in [0.1, 0.15) is 28.3 Å². The van der Waals surface area contributed by atoms with Gasteiger partial charge < -0.3 is 9.97 Å². The Hall–Kier alpha value is -5.36. The SMILES string of the molecule is Clc1ccccc1C1=Cc2cc3ccc(cc4nc(cc5[nH]c(c(-c6ccccc6Cl)c1n2)c(-c1ccccc1Cl)c5-c1ccccc1Cl)C=C4)[nH]3. The number of rotatable bonds is 4. The Bertz CT molecular complexity index is 2810. The summed E-state index contributed by atoms with van der Waals surface area (Å²) in [6.45, 7) is 0. The van der Waals surface area contributed by atoms with Crippen LogP contribution in [0.2, 0.25) is 20.1 Å². The molecule has 250 valence electrons. The van der Waals surface area contributed by atoms with Gasteiger partial charge in [0, 0.05) is 81.2 Å². The highest BCUT2D eigenvalue weighted by atomic mass is 35.5. The summed E-state index contributed by atoms with van der Waals surface area (Å²) < 4.78 is 0. The van der Waals surface area contributed by atoms with Crippen LogP contribution in [0.25, 0.3) is 79.2 Å². The van der Waals surface area contributed by atoms with Gasteiger partial charge in [-0.3, -0.25) is 0 Å². The fourth-order valence-electron chi connectivity index (χ4n) is 6.94. The average molecular weight is 753 g/mol. The van der Waals surface area contributed by atoms with Gasteiger partial charge in [-0.05, 0) is 72.8 Å². The summed E-state index contributed by atoms with van der Waals surface area (Å²) in [6.07, 6.45) is 6.08. The number of nitrogens with one attached hydrogen (secondary N) is 2. The predicted molar refractivity (Wildman–Crippen MR) is 220 cm³/mol. The molecule has 0 unspecified atom stereocenters. The van der Waals surface area contributed by atoms with Crippen LogP contribution < -0.4 is 0 Å². The van der Waals surface area contributed by atoms with Crippen LogP contribution >= 0.6 is 46.4 Å². The smallest absolute Gasteiger partial charge is 0.0816 e. The second kappa shape index (κ2) is 13.3. The number of nitrogens with zero attached hydrogens (tertiary/aromatic N) is 2. The molecule has 0 fully saturated rings. The average Bonchev–Trinajstić information content (AvgIpc) is 3.95. The summed E-state index contributed by atoms with van der Waals surface area (Å²) in [4.78, 5) is 17.7. The normalized spacial score (nSPS) is 12.3. The lowest BCUT2D eigenvalue weighted by molar-refractivity contribution is 1.30. The molecule has 2 aliphatic rings. The van der Waals surface area contributed by atoms with Crippen molar-refractivity contribution in [2.24, 2.45) is 0 Å². The van der Waals surface area contributed by atoms with Crippen LogP contribution in [0.4, 0.5) is 0 Å². The number of aromatic amines is 2. The molecule has 0 radical (unpaired) electrons. The molecule has 0 aliphatic carbocycles. The molecule has 0 spiro atoms. The van der Waals surface area contributed by atoms with Crippen LogP contribution in [0, 0.1) is 0 Å². The van der Waals surface area contributed by atoms with Crippen LogP contribution in [0.15, 0.2) is 127 Å². The van der Waals surface area contributed by atoms with Gasteiger partial charge in [0.1, 0.15) is 0 Å². The summed E-state index contributed by atoms with van der Waals surface area (Å²) in [5, 5.41) is 2.33. The number of fused-ring (bicyclic) bond motifs is 8. The minimum Gasteiger partial charge on any atom is -0.355 e. The van der Waals surface area contributed by atoms with Crippen LogP contribution in [-0.2, 0) is 0 Å². The van der Waals surface area contributed by atoms with E-state index in [0.717, 1.165) is 83.7 Å². The van der Waals surface area contributed by atoms with Gasteiger partial charge in [0.05, 0.1) is 28.3 Å². The zero-order chi connectivity index (χ0) is 35.3.